The molecule has 0 radical (unpaired) electrons. The first kappa shape index (κ1) is 10.6. The molecule has 0 saturated heterocycles. The molecule has 0 aromatic carbocycles. The fourth-order valence-corrected chi connectivity index (χ4v) is 2.03. The van der Waals surface area contributed by atoms with Gasteiger partial charge in [-0.15, -0.1) is 6.42 Å². The molecule has 1 nitrogen and oxygen atoms in total. The number of hydrogen-bond acceptors (Lipinski definition) is 1. The van der Waals surface area contributed by atoms with Crippen LogP contribution in [0.1, 0.15) is 51.9 Å². The van der Waals surface area contributed by atoms with Crippen molar-refractivity contribution in [1.29, 1.82) is 0 Å². The zero-order chi connectivity index (χ0) is 9.57. The van der Waals surface area contributed by atoms with Crippen molar-refractivity contribution < 1.29 is 0 Å². The van der Waals surface area contributed by atoms with E-state index in [2.05, 4.69) is 18.2 Å². The van der Waals surface area contributed by atoms with Gasteiger partial charge < -0.3 is 5.32 Å². The largest absolute Gasteiger partial charge is 0.301 e. The lowest BCUT2D eigenvalue weighted by atomic mass is 9.82. The molecular formula is C12H21N. The molecular weight excluding hydrogens is 158 g/mol. The van der Waals surface area contributed by atoms with Gasteiger partial charge in [0.05, 0.1) is 5.54 Å². The summed E-state index contributed by atoms with van der Waals surface area (Å²) in [4.78, 5) is 0. The third kappa shape index (κ3) is 3.04. The first-order valence-corrected chi connectivity index (χ1v) is 5.56. The summed E-state index contributed by atoms with van der Waals surface area (Å²) < 4.78 is 0. The van der Waals surface area contributed by atoms with Gasteiger partial charge in [0.1, 0.15) is 0 Å². The summed E-state index contributed by atoms with van der Waals surface area (Å²) in [5.74, 6) is 2.97. The molecule has 1 aliphatic carbocycles. The van der Waals surface area contributed by atoms with Gasteiger partial charge in [-0.05, 0) is 25.8 Å². The highest BCUT2D eigenvalue weighted by Crippen LogP contribution is 2.27. The van der Waals surface area contributed by atoms with Crippen molar-refractivity contribution in [2.24, 2.45) is 0 Å². The van der Waals surface area contributed by atoms with E-state index in [4.69, 9.17) is 6.42 Å². The average Bonchev–Trinajstić information content (AvgIpc) is 2.20. The summed E-state index contributed by atoms with van der Waals surface area (Å²) in [5, 5.41) is 3.55. The second-order valence-electron chi connectivity index (χ2n) is 4.07. The number of rotatable bonds is 4. The van der Waals surface area contributed by atoms with Gasteiger partial charge in [-0.3, -0.25) is 0 Å². The lowest BCUT2D eigenvalue weighted by Gasteiger charge is -2.33. The van der Waals surface area contributed by atoms with E-state index in [0.717, 1.165) is 6.54 Å². The van der Waals surface area contributed by atoms with E-state index in [-0.39, 0.29) is 5.54 Å². The van der Waals surface area contributed by atoms with Crippen LogP contribution in [0.2, 0.25) is 0 Å². The fraction of sp³-hybridized carbons (Fsp3) is 0.833. The van der Waals surface area contributed by atoms with E-state index in [0.29, 0.717) is 0 Å². The Morgan fingerprint density at radius 1 is 1.31 bits per heavy atom. The quantitative estimate of drug-likeness (QED) is 0.517. The van der Waals surface area contributed by atoms with Gasteiger partial charge in [-0.1, -0.05) is 38.5 Å². The fourth-order valence-electron chi connectivity index (χ4n) is 2.03. The molecule has 1 fully saturated rings. The van der Waals surface area contributed by atoms with E-state index in [1.165, 1.54) is 44.9 Å². The van der Waals surface area contributed by atoms with Gasteiger partial charge >= 0.3 is 0 Å². The van der Waals surface area contributed by atoms with E-state index in [1.807, 2.05) is 0 Å². The van der Waals surface area contributed by atoms with Crippen LogP contribution in [0, 0.1) is 12.3 Å². The van der Waals surface area contributed by atoms with Crippen LogP contribution in [0.3, 0.4) is 0 Å². The molecule has 0 atom stereocenters. The SMILES string of the molecule is C#CC1(NCCCC)CCCCC1. The van der Waals surface area contributed by atoms with Gasteiger partial charge in [0.25, 0.3) is 0 Å². The van der Waals surface area contributed by atoms with Crippen LogP contribution in [0.15, 0.2) is 0 Å². The molecule has 1 rings (SSSR count). The zero-order valence-corrected chi connectivity index (χ0v) is 8.73. The van der Waals surface area contributed by atoms with Crippen LogP contribution in [0.25, 0.3) is 0 Å². The minimum absolute atomic E-state index is 0.0490. The molecule has 0 amide bonds. The molecule has 0 spiro atoms. The number of nitrogens with one attached hydrogen (secondary N) is 1. The third-order valence-electron chi connectivity index (χ3n) is 2.98. The van der Waals surface area contributed by atoms with Crippen molar-refractivity contribution >= 4 is 0 Å². The Hall–Kier alpha value is -0.480. The molecule has 1 aliphatic rings. The molecule has 0 aliphatic heterocycles. The summed E-state index contributed by atoms with van der Waals surface area (Å²) >= 11 is 0. The molecule has 13 heavy (non-hydrogen) atoms. The van der Waals surface area contributed by atoms with Crippen LogP contribution in [-0.4, -0.2) is 12.1 Å². The smallest absolute Gasteiger partial charge is 0.0798 e. The Morgan fingerprint density at radius 3 is 2.54 bits per heavy atom. The van der Waals surface area contributed by atoms with E-state index in [9.17, 15) is 0 Å². The summed E-state index contributed by atoms with van der Waals surface area (Å²) in [7, 11) is 0. The van der Waals surface area contributed by atoms with Crippen LogP contribution in [0.5, 0.6) is 0 Å². The molecule has 1 saturated carbocycles. The van der Waals surface area contributed by atoms with Crippen molar-refractivity contribution in [2.45, 2.75) is 57.4 Å². The topological polar surface area (TPSA) is 12.0 Å². The monoisotopic (exact) mass is 179 g/mol. The van der Waals surface area contributed by atoms with Crippen molar-refractivity contribution in [3.8, 4) is 12.3 Å². The molecule has 0 aromatic rings. The number of terminal acetylenes is 1. The van der Waals surface area contributed by atoms with E-state index < -0.39 is 0 Å². The normalized spacial score (nSPS) is 20.9. The highest BCUT2D eigenvalue weighted by molar-refractivity contribution is 5.13. The maximum Gasteiger partial charge on any atom is 0.0798 e. The predicted octanol–water partition coefficient (Wildman–Crippen LogP) is 2.71. The lowest BCUT2D eigenvalue weighted by molar-refractivity contribution is 0.300. The highest BCUT2D eigenvalue weighted by Gasteiger charge is 2.28. The van der Waals surface area contributed by atoms with Crippen LogP contribution in [-0.2, 0) is 0 Å². The van der Waals surface area contributed by atoms with Crippen molar-refractivity contribution in [3.63, 3.8) is 0 Å². The highest BCUT2D eigenvalue weighted by atomic mass is 15.0. The van der Waals surface area contributed by atoms with Gasteiger partial charge in [0.2, 0.25) is 0 Å². The van der Waals surface area contributed by atoms with Crippen molar-refractivity contribution in [2.75, 3.05) is 6.54 Å². The zero-order valence-electron chi connectivity index (χ0n) is 8.73. The summed E-state index contributed by atoms with van der Waals surface area (Å²) in [6.45, 7) is 3.30. The Kier molecular flexibility index (Phi) is 4.32. The minimum Gasteiger partial charge on any atom is -0.301 e. The standard InChI is InChI=1S/C12H21N/c1-3-5-11-13-12(4-2)9-7-6-8-10-12/h2,13H,3,5-11H2,1H3. The van der Waals surface area contributed by atoms with Crippen LogP contribution in [0.4, 0.5) is 0 Å². The van der Waals surface area contributed by atoms with Gasteiger partial charge in [0.15, 0.2) is 0 Å². The summed E-state index contributed by atoms with van der Waals surface area (Å²) in [6, 6.07) is 0. The molecule has 1 N–H and O–H groups in total. The Labute approximate surface area is 82.3 Å². The van der Waals surface area contributed by atoms with Crippen LogP contribution < -0.4 is 5.32 Å². The first-order valence-electron chi connectivity index (χ1n) is 5.56. The van der Waals surface area contributed by atoms with Crippen molar-refractivity contribution in [3.05, 3.63) is 0 Å². The Balaban J connectivity index is 2.35. The second kappa shape index (κ2) is 5.29. The molecule has 0 unspecified atom stereocenters. The Morgan fingerprint density at radius 2 is 2.00 bits per heavy atom. The first-order chi connectivity index (χ1) is 6.33. The maximum atomic E-state index is 5.61. The lowest BCUT2D eigenvalue weighted by Crippen LogP contribution is -2.45. The third-order valence-corrected chi connectivity index (χ3v) is 2.98. The van der Waals surface area contributed by atoms with Crippen LogP contribution >= 0.6 is 0 Å². The predicted molar refractivity (Wildman–Crippen MR) is 57.6 cm³/mol. The van der Waals surface area contributed by atoms with E-state index >= 15 is 0 Å². The average molecular weight is 179 g/mol. The molecule has 0 heterocycles. The molecule has 1 heteroatoms. The minimum atomic E-state index is 0.0490. The van der Waals surface area contributed by atoms with E-state index in [1.54, 1.807) is 0 Å². The maximum absolute atomic E-state index is 5.61. The molecule has 74 valence electrons. The summed E-state index contributed by atoms with van der Waals surface area (Å²) in [6.07, 6.45) is 14.4. The van der Waals surface area contributed by atoms with Gasteiger partial charge in [-0.2, -0.15) is 0 Å². The number of hydrogen-bond donors (Lipinski definition) is 1. The summed E-state index contributed by atoms with van der Waals surface area (Å²) in [5.41, 5.74) is 0.0490. The second-order valence-corrected chi connectivity index (χ2v) is 4.07. The molecule has 0 bridgehead atoms. The van der Waals surface area contributed by atoms with Crippen molar-refractivity contribution in [1.82, 2.24) is 5.32 Å². The van der Waals surface area contributed by atoms with Gasteiger partial charge in [0, 0.05) is 0 Å². The number of unbranched alkanes of at least 4 members (excludes halogenated alkanes) is 1. The molecule has 0 aromatic heterocycles. The Bertz CT molecular complexity index is 172. The van der Waals surface area contributed by atoms with Gasteiger partial charge in [-0.25, -0.2) is 0 Å².